The molecule has 0 fully saturated rings. The lowest BCUT2D eigenvalue weighted by atomic mass is 10.4. The monoisotopic (exact) mass is 235 g/mol. The summed E-state index contributed by atoms with van der Waals surface area (Å²) in [5, 5.41) is 2.62. The predicted octanol–water partition coefficient (Wildman–Crippen LogP) is 1.17. The summed E-state index contributed by atoms with van der Waals surface area (Å²) in [5.74, 6) is -0.254. The predicted molar refractivity (Wildman–Crippen MR) is 57.0 cm³/mol. The van der Waals surface area contributed by atoms with Gasteiger partial charge in [0.1, 0.15) is 10.8 Å². The summed E-state index contributed by atoms with van der Waals surface area (Å²) in [6.07, 6.45) is 5.69. The lowest BCUT2D eigenvalue weighted by molar-refractivity contribution is 0.102. The van der Waals surface area contributed by atoms with E-state index >= 15 is 0 Å². The molecule has 6 nitrogen and oxygen atoms in total. The Bertz CT molecular complexity index is 504. The highest BCUT2D eigenvalue weighted by Gasteiger charge is 2.09. The SMILES string of the molecule is O=C(Nc1ncccn1)c1cncc(Cl)n1. The van der Waals surface area contributed by atoms with Gasteiger partial charge in [-0.25, -0.2) is 15.0 Å². The van der Waals surface area contributed by atoms with E-state index in [2.05, 4.69) is 25.3 Å². The lowest BCUT2D eigenvalue weighted by Gasteiger charge is -2.01. The van der Waals surface area contributed by atoms with Crippen LogP contribution in [0.2, 0.25) is 5.15 Å². The van der Waals surface area contributed by atoms with Crippen molar-refractivity contribution in [2.75, 3.05) is 5.32 Å². The molecule has 0 spiro atoms. The average Bonchev–Trinajstić information content (AvgIpc) is 2.30. The van der Waals surface area contributed by atoms with Gasteiger partial charge in [-0.2, -0.15) is 0 Å². The largest absolute Gasteiger partial charge is 0.289 e. The molecule has 1 N–H and O–H groups in total. The van der Waals surface area contributed by atoms with Crippen molar-refractivity contribution in [2.45, 2.75) is 0 Å². The molecule has 80 valence electrons. The third-order valence-corrected chi connectivity index (χ3v) is 1.81. The summed E-state index contributed by atoms with van der Waals surface area (Å²) in [6, 6.07) is 1.65. The molecule has 0 atom stereocenters. The van der Waals surface area contributed by atoms with E-state index in [0.717, 1.165) is 0 Å². The fourth-order valence-corrected chi connectivity index (χ4v) is 1.13. The van der Waals surface area contributed by atoms with E-state index in [1.54, 1.807) is 6.07 Å². The van der Waals surface area contributed by atoms with Crippen molar-refractivity contribution in [1.29, 1.82) is 0 Å². The second-order valence-electron chi connectivity index (χ2n) is 2.75. The van der Waals surface area contributed by atoms with Crippen molar-refractivity contribution in [3.8, 4) is 0 Å². The molecule has 0 bridgehead atoms. The minimum atomic E-state index is -0.457. The molecule has 2 aromatic rings. The quantitative estimate of drug-likeness (QED) is 0.845. The summed E-state index contributed by atoms with van der Waals surface area (Å²) in [6.45, 7) is 0. The third kappa shape index (κ3) is 2.48. The lowest BCUT2D eigenvalue weighted by Crippen LogP contribution is -2.15. The van der Waals surface area contributed by atoms with Crippen LogP contribution in [0.5, 0.6) is 0 Å². The molecule has 0 aliphatic heterocycles. The van der Waals surface area contributed by atoms with Gasteiger partial charge in [0.2, 0.25) is 5.95 Å². The van der Waals surface area contributed by atoms with E-state index in [1.165, 1.54) is 24.8 Å². The maximum absolute atomic E-state index is 11.6. The molecule has 0 unspecified atom stereocenters. The number of carbonyl (C=O) groups is 1. The first-order chi connectivity index (χ1) is 7.75. The summed E-state index contributed by atoms with van der Waals surface area (Å²) in [7, 11) is 0. The van der Waals surface area contributed by atoms with E-state index in [4.69, 9.17) is 11.6 Å². The fourth-order valence-electron chi connectivity index (χ4n) is 0.981. The maximum atomic E-state index is 11.6. The number of hydrogen-bond donors (Lipinski definition) is 1. The smallest absolute Gasteiger partial charge is 0.278 e. The van der Waals surface area contributed by atoms with Crippen LogP contribution in [0.25, 0.3) is 0 Å². The van der Waals surface area contributed by atoms with Crippen molar-refractivity contribution >= 4 is 23.5 Å². The van der Waals surface area contributed by atoms with Gasteiger partial charge in [0.25, 0.3) is 5.91 Å². The van der Waals surface area contributed by atoms with Gasteiger partial charge in [-0.15, -0.1) is 0 Å². The Kier molecular flexibility index (Phi) is 3.02. The Morgan fingerprint density at radius 2 is 2.00 bits per heavy atom. The van der Waals surface area contributed by atoms with E-state index in [-0.39, 0.29) is 16.8 Å². The number of anilines is 1. The first-order valence-electron chi connectivity index (χ1n) is 4.31. The zero-order chi connectivity index (χ0) is 11.4. The second kappa shape index (κ2) is 4.63. The molecule has 16 heavy (non-hydrogen) atoms. The summed E-state index contributed by atoms with van der Waals surface area (Å²) >= 11 is 5.61. The molecule has 2 rings (SSSR count). The fraction of sp³-hybridized carbons (Fsp3) is 0. The standard InChI is InChI=1S/C9H6ClN5O/c10-7-5-11-4-6(14-7)8(16)15-9-12-2-1-3-13-9/h1-5H,(H,12,13,15,16). The number of nitrogens with zero attached hydrogens (tertiary/aromatic N) is 4. The number of amides is 1. The van der Waals surface area contributed by atoms with Gasteiger partial charge in [0.15, 0.2) is 0 Å². The minimum absolute atomic E-state index is 0.111. The Morgan fingerprint density at radius 3 is 2.69 bits per heavy atom. The van der Waals surface area contributed by atoms with Crippen LogP contribution in [-0.2, 0) is 0 Å². The molecular weight excluding hydrogens is 230 g/mol. The molecule has 0 saturated heterocycles. The van der Waals surface area contributed by atoms with Gasteiger partial charge in [-0.05, 0) is 6.07 Å². The molecule has 0 aliphatic carbocycles. The van der Waals surface area contributed by atoms with Crippen molar-refractivity contribution in [1.82, 2.24) is 19.9 Å². The Labute approximate surface area is 95.7 Å². The normalized spacial score (nSPS) is 9.81. The van der Waals surface area contributed by atoms with Gasteiger partial charge in [-0.1, -0.05) is 11.6 Å². The van der Waals surface area contributed by atoms with E-state index in [1.807, 2.05) is 0 Å². The highest BCUT2D eigenvalue weighted by molar-refractivity contribution is 6.29. The highest BCUT2D eigenvalue weighted by atomic mass is 35.5. The molecule has 0 radical (unpaired) electrons. The van der Waals surface area contributed by atoms with Crippen molar-refractivity contribution in [3.63, 3.8) is 0 Å². The summed E-state index contributed by atoms with van der Waals surface area (Å²) in [4.78, 5) is 26.9. The molecule has 0 aliphatic rings. The number of nitrogens with one attached hydrogen (secondary N) is 1. The third-order valence-electron chi connectivity index (χ3n) is 1.63. The minimum Gasteiger partial charge on any atom is -0.289 e. The molecule has 2 aromatic heterocycles. The first kappa shape index (κ1) is 10.4. The number of carbonyl (C=O) groups excluding carboxylic acids is 1. The van der Waals surface area contributed by atoms with Gasteiger partial charge >= 0.3 is 0 Å². The molecule has 2 heterocycles. The van der Waals surface area contributed by atoms with Crippen LogP contribution in [0.3, 0.4) is 0 Å². The van der Waals surface area contributed by atoms with Crippen LogP contribution in [0, 0.1) is 0 Å². The van der Waals surface area contributed by atoms with E-state index in [9.17, 15) is 4.79 Å². The van der Waals surface area contributed by atoms with Gasteiger partial charge in [0, 0.05) is 12.4 Å². The topological polar surface area (TPSA) is 80.7 Å². The van der Waals surface area contributed by atoms with Crippen LogP contribution in [0.1, 0.15) is 10.5 Å². The van der Waals surface area contributed by atoms with E-state index < -0.39 is 5.91 Å². The maximum Gasteiger partial charge on any atom is 0.278 e. The second-order valence-corrected chi connectivity index (χ2v) is 3.14. The van der Waals surface area contributed by atoms with E-state index in [0.29, 0.717) is 0 Å². The van der Waals surface area contributed by atoms with Crippen LogP contribution < -0.4 is 5.32 Å². The molecule has 0 saturated carbocycles. The number of halogens is 1. The zero-order valence-electron chi connectivity index (χ0n) is 7.96. The Hall–Kier alpha value is -2.08. The number of hydrogen-bond acceptors (Lipinski definition) is 5. The zero-order valence-corrected chi connectivity index (χ0v) is 8.72. The molecule has 7 heteroatoms. The van der Waals surface area contributed by atoms with Gasteiger partial charge in [-0.3, -0.25) is 15.1 Å². The number of aromatic nitrogens is 4. The molecular formula is C9H6ClN5O. The van der Waals surface area contributed by atoms with Crippen LogP contribution >= 0.6 is 11.6 Å². The Balaban J connectivity index is 2.15. The highest BCUT2D eigenvalue weighted by Crippen LogP contribution is 2.04. The number of rotatable bonds is 2. The first-order valence-corrected chi connectivity index (χ1v) is 4.69. The Morgan fingerprint density at radius 1 is 1.25 bits per heavy atom. The van der Waals surface area contributed by atoms with Gasteiger partial charge < -0.3 is 0 Å². The summed E-state index contributed by atoms with van der Waals surface area (Å²) in [5.41, 5.74) is 0.111. The van der Waals surface area contributed by atoms with Gasteiger partial charge in [0.05, 0.1) is 12.4 Å². The van der Waals surface area contributed by atoms with Crippen molar-refractivity contribution in [2.24, 2.45) is 0 Å². The molecule has 0 aromatic carbocycles. The average molecular weight is 236 g/mol. The van der Waals surface area contributed by atoms with Crippen molar-refractivity contribution in [3.05, 3.63) is 41.7 Å². The van der Waals surface area contributed by atoms with Crippen molar-refractivity contribution < 1.29 is 4.79 Å². The van der Waals surface area contributed by atoms with Crippen LogP contribution in [0.15, 0.2) is 30.9 Å². The van der Waals surface area contributed by atoms with Crippen LogP contribution in [-0.4, -0.2) is 25.8 Å². The molecule has 1 amide bonds. The van der Waals surface area contributed by atoms with Crippen LogP contribution in [0.4, 0.5) is 5.95 Å². The summed E-state index contributed by atoms with van der Waals surface area (Å²) < 4.78 is 0.